The van der Waals surface area contributed by atoms with Crippen LogP contribution in [-0.4, -0.2) is 21.0 Å². The van der Waals surface area contributed by atoms with Crippen molar-refractivity contribution in [3.63, 3.8) is 0 Å². The summed E-state index contributed by atoms with van der Waals surface area (Å²) in [5.74, 6) is -0.589. The third-order valence-electron chi connectivity index (χ3n) is 2.61. The third kappa shape index (κ3) is 2.41. The highest BCUT2D eigenvalue weighted by Crippen LogP contribution is 2.30. The third-order valence-corrected chi connectivity index (χ3v) is 3.61. The number of nitrogens with zero attached hydrogens (tertiary/aromatic N) is 2. The standard InChI is InChI=1S/C13H14N2O2S/c1-7(2)11-8(3)18-12(15-11)10-6-9(13(16)17)4-5-14-10/h4-7H,1-3H3,(H,16,17). The Morgan fingerprint density at radius 3 is 2.72 bits per heavy atom. The maximum absolute atomic E-state index is 10.9. The molecule has 0 aliphatic carbocycles. The largest absolute Gasteiger partial charge is 0.478 e. The van der Waals surface area contributed by atoms with E-state index in [1.54, 1.807) is 17.4 Å². The zero-order chi connectivity index (χ0) is 13.3. The number of aromatic nitrogens is 2. The molecule has 1 N–H and O–H groups in total. The van der Waals surface area contributed by atoms with Crippen LogP contribution in [0, 0.1) is 6.92 Å². The van der Waals surface area contributed by atoms with Gasteiger partial charge in [-0.2, -0.15) is 0 Å². The Labute approximate surface area is 109 Å². The lowest BCUT2D eigenvalue weighted by molar-refractivity contribution is 0.0697. The minimum absolute atomic E-state index is 0.235. The lowest BCUT2D eigenvalue weighted by Crippen LogP contribution is -1.97. The van der Waals surface area contributed by atoms with Crippen LogP contribution in [0.5, 0.6) is 0 Å². The molecule has 0 aromatic carbocycles. The van der Waals surface area contributed by atoms with Gasteiger partial charge in [-0.3, -0.25) is 4.98 Å². The summed E-state index contributed by atoms with van der Waals surface area (Å²) in [6, 6.07) is 3.04. The second-order valence-corrected chi connectivity index (χ2v) is 5.55. The number of rotatable bonds is 3. The molecule has 0 bridgehead atoms. The minimum atomic E-state index is -0.948. The minimum Gasteiger partial charge on any atom is -0.478 e. The van der Waals surface area contributed by atoms with E-state index in [2.05, 4.69) is 23.8 Å². The number of pyridine rings is 1. The van der Waals surface area contributed by atoms with E-state index in [4.69, 9.17) is 5.11 Å². The number of hydrogen-bond acceptors (Lipinski definition) is 4. The number of carboxylic acids is 1. The van der Waals surface area contributed by atoms with Crippen LogP contribution in [-0.2, 0) is 0 Å². The van der Waals surface area contributed by atoms with Crippen molar-refractivity contribution in [2.75, 3.05) is 0 Å². The molecular formula is C13H14N2O2S. The Balaban J connectivity index is 2.45. The van der Waals surface area contributed by atoms with Crippen molar-refractivity contribution < 1.29 is 9.90 Å². The van der Waals surface area contributed by atoms with E-state index in [0.717, 1.165) is 15.6 Å². The van der Waals surface area contributed by atoms with Crippen LogP contribution in [0.1, 0.15) is 40.7 Å². The van der Waals surface area contributed by atoms with Gasteiger partial charge < -0.3 is 5.11 Å². The lowest BCUT2D eigenvalue weighted by atomic mass is 10.1. The summed E-state index contributed by atoms with van der Waals surface area (Å²) in [4.78, 5) is 20.8. The lowest BCUT2D eigenvalue weighted by Gasteiger charge is -2.00. The smallest absolute Gasteiger partial charge is 0.335 e. The second kappa shape index (κ2) is 4.86. The highest BCUT2D eigenvalue weighted by Gasteiger charge is 2.14. The first-order chi connectivity index (χ1) is 8.49. The molecule has 94 valence electrons. The molecule has 0 aliphatic rings. The fraction of sp³-hybridized carbons (Fsp3) is 0.308. The van der Waals surface area contributed by atoms with Gasteiger partial charge in [-0.1, -0.05) is 13.8 Å². The van der Waals surface area contributed by atoms with Gasteiger partial charge in [0.1, 0.15) is 5.01 Å². The molecule has 2 rings (SSSR count). The van der Waals surface area contributed by atoms with Crippen LogP contribution < -0.4 is 0 Å². The fourth-order valence-electron chi connectivity index (χ4n) is 1.73. The molecule has 0 saturated heterocycles. The fourth-order valence-corrected chi connectivity index (χ4v) is 2.77. The highest BCUT2D eigenvalue weighted by atomic mass is 32.1. The van der Waals surface area contributed by atoms with Crippen LogP contribution in [0.15, 0.2) is 18.3 Å². The number of thiazole rings is 1. The summed E-state index contributed by atoms with van der Waals surface area (Å²) in [7, 11) is 0. The monoisotopic (exact) mass is 262 g/mol. The quantitative estimate of drug-likeness (QED) is 0.921. The van der Waals surface area contributed by atoms with Crippen molar-refractivity contribution in [3.05, 3.63) is 34.5 Å². The first kappa shape index (κ1) is 12.7. The van der Waals surface area contributed by atoms with E-state index in [-0.39, 0.29) is 5.56 Å². The Morgan fingerprint density at radius 1 is 1.44 bits per heavy atom. The number of aromatic carboxylic acids is 1. The van der Waals surface area contributed by atoms with E-state index in [1.807, 2.05) is 6.92 Å². The average molecular weight is 262 g/mol. The summed E-state index contributed by atoms with van der Waals surface area (Å²) >= 11 is 1.55. The summed E-state index contributed by atoms with van der Waals surface area (Å²) in [5.41, 5.74) is 1.91. The predicted octanol–water partition coefficient (Wildman–Crippen LogP) is 3.34. The highest BCUT2D eigenvalue weighted by molar-refractivity contribution is 7.15. The molecule has 0 atom stereocenters. The SMILES string of the molecule is Cc1sc(-c2cc(C(=O)O)ccn2)nc1C(C)C. The van der Waals surface area contributed by atoms with Gasteiger partial charge >= 0.3 is 5.97 Å². The van der Waals surface area contributed by atoms with Gasteiger partial charge in [0, 0.05) is 11.1 Å². The zero-order valence-corrected chi connectivity index (χ0v) is 11.3. The molecule has 2 heterocycles. The summed E-state index contributed by atoms with van der Waals surface area (Å²) in [5, 5.41) is 9.74. The van der Waals surface area contributed by atoms with E-state index in [9.17, 15) is 4.79 Å². The van der Waals surface area contributed by atoms with Crippen LogP contribution in [0.25, 0.3) is 10.7 Å². The molecule has 2 aromatic heterocycles. The number of hydrogen-bond donors (Lipinski definition) is 1. The molecule has 5 heteroatoms. The normalized spacial score (nSPS) is 10.9. The molecule has 0 radical (unpaired) electrons. The van der Waals surface area contributed by atoms with Crippen molar-refractivity contribution in [3.8, 4) is 10.7 Å². The average Bonchev–Trinajstić information content (AvgIpc) is 2.71. The Hall–Kier alpha value is -1.75. The van der Waals surface area contributed by atoms with Gasteiger partial charge in [0.05, 0.1) is 17.0 Å². The van der Waals surface area contributed by atoms with Crippen molar-refractivity contribution in [2.45, 2.75) is 26.7 Å². The van der Waals surface area contributed by atoms with Crippen molar-refractivity contribution in [1.82, 2.24) is 9.97 Å². The van der Waals surface area contributed by atoms with Gasteiger partial charge in [0.2, 0.25) is 0 Å². The predicted molar refractivity (Wildman–Crippen MR) is 71.1 cm³/mol. The summed E-state index contributed by atoms with van der Waals surface area (Å²) in [6.07, 6.45) is 1.50. The maximum Gasteiger partial charge on any atom is 0.335 e. The molecular weight excluding hydrogens is 248 g/mol. The molecule has 0 spiro atoms. The Bertz CT molecular complexity index is 590. The van der Waals surface area contributed by atoms with Gasteiger partial charge in [0.25, 0.3) is 0 Å². The number of aryl methyl sites for hydroxylation is 1. The van der Waals surface area contributed by atoms with E-state index >= 15 is 0 Å². The van der Waals surface area contributed by atoms with Crippen LogP contribution >= 0.6 is 11.3 Å². The number of carboxylic acid groups (broad SMARTS) is 1. The van der Waals surface area contributed by atoms with E-state index in [1.165, 1.54) is 12.3 Å². The maximum atomic E-state index is 10.9. The van der Waals surface area contributed by atoms with Gasteiger partial charge in [0.15, 0.2) is 0 Å². The molecule has 0 amide bonds. The molecule has 18 heavy (non-hydrogen) atoms. The van der Waals surface area contributed by atoms with Crippen LogP contribution in [0.3, 0.4) is 0 Å². The molecule has 0 unspecified atom stereocenters. The van der Waals surface area contributed by atoms with Crippen molar-refractivity contribution in [2.24, 2.45) is 0 Å². The second-order valence-electron chi connectivity index (χ2n) is 4.35. The van der Waals surface area contributed by atoms with Gasteiger partial charge in [-0.25, -0.2) is 9.78 Å². The van der Waals surface area contributed by atoms with E-state index < -0.39 is 5.97 Å². The summed E-state index contributed by atoms with van der Waals surface area (Å²) < 4.78 is 0. The van der Waals surface area contributed by atoms with Gasteiger partial charge in [-0.05, 0) is 25.0 Å². The first-order valence-electron chi connectivity index (χ1n) is 5.66. The van der Waals surface area contributed by atoms with Crippen LogP contribution in [0.2, 0.25) is 0 Å². The van der Waals surface area contributed by atoms with Crippen LogP contribution in [0.4, 0.5) is 0 Å². The Kier molecular flexibility index (Phi) is 3.43. The number of carbonyl (C=O) groups is 1. The molecule has 0 saturated carbocycles. The molecule has 0 aliphatic heterocycles. The van der Waals surface area contributed by atoms with Crippen molar-refractivity contribution in [1.29, 1.82) is 0 Å². The zero-order valence-electron chi connectivity index (χ0n) is 10.5. The summed E-state index contributed by atoms with van der Waals surface area (Å²) in [6.45, 7) is 6.21. The van der Waals surface area contributed by atoms with Gasteiger partial charge in [-0.15, -0.1) is 11.3 Å². The topological polar surface area (TPSA) is 63.1 Å². The molecule has 2 aromatic rings. The van der Waals surface area contributed by atoms with Crippen molar-refractivity contribution >= 4 is 17.3 Å². The molecule has 4 nitrogen and oxygen atoms in total. The first-order valence-corrected chi connectivity index (χ1v) is 6.47. The molecule has 0 fully saturated rings. The Morgan fingerprint density at radius 2 is 2.17 bits per heavy atom. The van der Waals surface area contributed by atoms with E-state index in [0.29, 0.717) is 11.6 Å².